The lowest BCUT2D eigenvalue weighted by Crippen LogP contribution is -2.38. The van der Waals surface area contributed by atoms with Crippen molar-refractivity contribution < 1.29 is 19.0 Å². The van der Waals surface area contributed by atoms with Crippen molar-refractivity contribution in [3.05, 3.63) is 34.6 Å². The van der Waals surface area contributed by atoms with Crippen molar-refractivity contribution in [3.8, 4) is 17.2 Å². The van der Waals surface area contributed by atoms with Gasteiger partial charge in [0.1, 0.15) is 0 Å². The molecule has 33 heavy (non-hydrogen) atoms. The van der Waals surface area contributed by atoms with E-state index in [2.05, 4.69) is 0 Å². The monoisotopic (exact) mass is 455 g/mol. The van der Waals surface area contributed by atoms with Crippen molar-refractivity contribution in [2.45, 2.75) is 78.3 Å². The summed E-state index contributed by atoms with van der Waals surface area (Å²) in [6, 6.07) is 3.85. The van der Waals surface area contributed by atoms with E-state index >= 15 is 0 Å². The minimum absolute atomic E-state index is 0.00394. The Bertz CT molecular complexity index is 951. The zero-order chi connectivity index (χ0) is 23.4. The van der Waals surface area contributed by atoms with Gasteiger partial charge in [0, 0.05) is 24.3 Å². The van der Waals surface area contributed by atoms with Crippen LogP contribution in [-0.4, -0.2) is 46.5 Å². The topological polar surface area (TPSA) is 65.8 Å². The molecule has 0 unspecified atom stereocenters. The summed E-state index contributed by atoms with van der Waals surface area (Å²) in [5, 5.41) is 4.81. The van der Waals surface area contributed by atoms with Crippen molar-refractivity contribution in [1.82, 2.24) is 14.7 Å². The third kappa shape index (κ3) is 4.82. The second-order valence-corrected chi connectivity index (χ2v) is 8.82. The van der Waals surface area contributed by atoms with E-state index in [1.54, 1.807) is 0 Å². The Morgan fingerprint density at radius 3 is 2.24 bits per heavy atom. The zero-order valence-electron chi connectivity index (χ0n) is 20.5. The Morgan fingerprint density at radius 1 is 1.00 bits per heavy atom. The second kappa shape index (κ2) is 10.5. The highest BCUT2D eigenvalue weighted by atomic mass is 16.5. The van der Waals surface area contributed by atoms with Crippen LogP contribution in [0.2, 0.25) is 0 Å². The molecule has 1 amide bonds. The van der Waals surface area contributed by atoms with E-state index in [1.807, 2.05) is 49.5 Å². The zero-order valence-corrected chi connectivity index (χ0v) is 20.5. The van der Waals surface area contributed by atoms with Gasteiger partial charge in [0.2, 0.25) is 5.75 Å². The van der Waals surface area contributed by atoms with E-state index in [9.17, 15) is 4.79 Å². The SMILES string of the molecule is CCOc1cc(C(=O)N(Cc2nn(C)c3c2CCC3)C2CCCC2)cc(OCC)c1OCC. The summed E-state index contributed by atoms with van der Waals surface area (Å²) in [6.07, 6.45) is 7.68. The van der Waals surface area contributed by atoms with Gasteiger partial charge in [0.25, 0.3) is 5.91 Å². The fourth-order valence-corrected chi connectivity index (χ4v) is 5.25. The molecule has 0 N–H and O–H groups in total. The highest BCUT2D eigenvalue weighted by molar-refractivity contribution is 5.96. The highest BCUT2D eigenvalue weighted by Crippen LogP contribution is 2.40. The van der Waals surface area contributed by atoms with Gasteiger partial charge in [0.05, 0.1) is 32.1 Å². The molecular formula is C26H37N3O4. The molecular weight excluding hydrogens is 418 g/mol. The fourth-order valence-electron chi connectivity index (χ4n) is 5.25. The summed E-state index contributed by atoms with van der Waals surface area (Å²) >= 11 is 0. The van der Waals surface area contributed by atoms with Crippen LogP contribution < -0.4 is 14.2 Å². The number of hydrogen-bond acceptors (Lipinski definition) is 5. The van der Waals surface area contributed by atoms with E-state index in [1.165, 1.54) is 17.7 Å². The van der Waals surface area contributed by atoms with Crippen LogP contribution in [0.4, 0.5) is 0 Å². The van der Waals surface area contributed by atoms with Gasteiger partial charge in [-0.25, -0.2) is 0 Å². The molecule has 0 saturated heterocycles. The number of carbonyl (C=O) groups is 1. The summed E-state index contributed by atoms with van der Waals surface area (Å²) in [5.74, 6) is 1.68. The van der Waals surface area contributed by atoms with E-state index in [-0.39, 0.29) is 11.9 Å². The summed E-state index contributed by atoms with van der Waals surface area (Å²) in [5.41, 5.74) is 4.28. The van der Waals surface area contributed by atoms with Crippen LogP contribution in [-0.2, 0) is 26.4 Å². The first-order valence-electron chi connectivity index (χ1n) is 12.5. The lowest BCUT2D eigenvalue weighted by Gasteiger charge is -2.29. The van der Waals surface area contributed by atoms with Gasteiger partial charge in [-0.1, -0.05) is 12.8 Å². The van der Waals surface area contributed by atoms with Crippen molar-refractivity contribution in [2.24, 2.45) is 7.05 Å². The third-order valence-corrected chi connectivity index (χ3v) is 6.70. The van der Waals surface area contributed by atoms with Crippen LogP contribution in [0.1, 0.15) is 80.2 Å². The second-order valence-electron chi connectivity index (χ2n) is 8.82. The molecule has 1 aromatic carbocycles. The number of aryl methyl sites for hydroxylation is 1. The lowest BCUT2D eigenvalue weighted by atomic mass is 10.1. The smallest absolute Gasteiger partial charge is 0.254 e. The molecule has 0 bridgehead atoms. The predicted molar refractivity (Wildman–Crippen MR) is 127 cm³/mol. The maximum atomic E-state index is 14.0. The molecule has 1 fully saturated rings. The first-order valence-corrected chi connectivity index (χ1v) is 12.5. The van der Waals surface area contributed by atoms with Crippen molar-refractivity contribution >= 4 is 5.91 Å². The molecule has 1 heterocycles. The van der Waals surface area contributed by atoms with Crippen molar-refractivity contribution in [2.75, 3.05) is 19.8 Å². The normalized spacial score (nSPS) is 15.5. The number of hydrogen-bond donors (Lipinski definition) is 0. The molecule has 4 rings (SSSR count). The summed E-state index contributed by atoms with van der Waals surface area (Å²) in [6.45, 7) is 7.79. The van der Waals surface area contributed by atoms with Crippen LogP contribution in [0, 0.1) is 0 Å². The predicted octanol–water partition coefficient (Wildman–Crippen LogP) is 4.69. The number of ether oxygens (including phenoxy) is 3. The first-order chi connectivity index (χ1) is 16.1. The van der Waals surface area contributed by atoms with E-state index in [0.717, 1.165) is 44.2 Å². The van der Waals surface area contributed by atoms with Gasteiger partial charge >= 0.3 is 0 Å². The van der Waals surface area contributed by atoms with Gasteiger partial charge in [0.15, 0.2) is 11.5 Å². The van der Waals surface area contributed by atoms with Gasteiger partial charge in [-0.05, 0) is 70.6 Å². The first kappa shape index (κ1) is 23.5. The fraction of sp³-hybridized carbons (Fsp3) is 0.615. The van der Waals surface area contributed by atoms with Crippen molar-refractivity contribution in [1.29, 1.82) is 0 Å². The molecule has 2 aliphatic rings. The summed E-state index contributed by atoms with van der Waals surface area (Å²) in [7, 11) is 2.02. The summed E-state index contributed by atoms with van der Waals surface area (Å²) < 4.78 is 19.6. The van der Waals surface area contributed by atoms with Gasteiger partial charge < -0.3 is 19.1 Å². The Balaban J connectivity index is 1.70. The Labute approximate surface area is 197 Å². The molecule has 7 heteroatoms. The van der Waals surface area contributed by atoms with Crippen LogP contribution in [0.5, 0.6) is 17.2 Å². The van der Waals surface area contributed by atoms with Gasteiger partial charge in [-0.3, -0.25) is 9.48 Å². The Kier molecular flexibility index (Phi) is 7.46. The quantitative estimate of drug-likeness (QED) is 0.520. The largest absolute Gasteiger partial charge is 0.490 e. The van der Waals surface area contributed by atoms with Gasteiger partial charge in [-0.15, -0.1) is 0 Å². The third-order valence-electron chi connectivity index (χ3n) is 6.70. The number of nitrogens with zero attached hydrogens (tertiary/aromatic N) is 3. The molecule has 1 saturated carbocycles. The minimum Gasteiger partial charge on any atom is -0.490 e. The molecule has 0 aliphatic heterocycles. The van der Waals surface area contributed by atoms with Crippen LogP contribution >= 0.6 is 0 Å². The van der Waals surface area contributed by atoms with Gasteiger partial charge in [-0.2, -0.15) is 5.10 Å². The molecule has 1 aromatic heterocycles. The lowest BCUT2D eigenvalue weighted by molar-refractivity contribution is 0.0659. The number of carbonyl (C=O) groups excluding carboxylic acids is 1. The molecule has 7 nitrogen and oxygen atoms in total. The number of amides is 1. The number of rotatable bonds is 10. The molecule has 0 spiro atoms. The maximum Gasteiger partial charge on any atom is 0.254 e. The highest BCUT2D eigenvalue weighted by Gasteiger charge is 2.32. The molecule has 180 valence electrons. The molecule has 0 radical (unpaired) electrons. The van der Waals surface area contributed by atoms with Crippen molar-refractivity contribution in [3.63, 3.8) is 0 Å². The Hall–Kier alpha value is -2.70. The van der Waals surface area contributed by atoms with E-state index in [4.69, 9.17) is 19.3 Å². The Morgan fingerprint density at radius 2 is 1.64 bits per heavy atom. The number of benzene rings is 1. The molecule has 2 aliphatic carbocycles. The van der Waals surface area contributed by atoms with Crippen LogP contribution in [0.25, 0.3) is 0 Å². The number of aromatic nitrogens is 2. The standard InChI is InChI=1S/C26H37N3O4/c1-5-31-23-15-18(16-24(32-6-2)25(23)33-7-3)26(30)29(19-11-8-9-12-19)17-21-20-13-10-14-22(20)28(4)27-21/h15-16,19H,5-14,17H2,1-4H3. The van der Waals surface area contributed by atoms with Crippen LogP contribution in [0.15, 0.2) is 12.1 Å². The number of fused-ring (bicyclic) bond motifs is 1. The molecule has 2 aromatic rings. The van der Waals surface area contributed by atoms with Crippen LogP contribution in [0.3, 0.4) is 0 Å². The molecule has 0 atom stereocenters. The maximum absolute atomic E-state index is 14.0. The summed E-state index contributed by atoms with van der Waals surface area (Å²) in [4.78, 5) is 16.0. The average molecular weight is 456 g/mol. The van der Waals surface area contributed by atoms with E-state index in [0.29, 0.717) is 49.2 Å². The average Bonchev–Trinajstić information content (AvgIpc) is 3.55. The van der Waals surface area contributed by atoms with E-state index < -0.39 is 0 Å². The minimum atomic E-state index is 0.00394.